The van der Waals surface area contributed by atoms with Crippen LogP contribution in [0, 0.1) is 5.92 Å². The van der Waals surface area contributed by atoms with Gasteiger partial charge in [-0.1, -0.05) is 13.3 Å². The zero-order valence-corrected chi connectivity index (χ0v) is 8.19. The van der Waals surface area contributed by atoms with Crippen LogP contribution in [0.3, 0.4) is 0 Å². The number of aromatic nitrogens is 3. The van der Waals surface area contributed by atoms with Crippen LogP contribution in [0.15, 0.2) is 12.7 Å². The van der Waals surface area contributed by atoms with Crippen molar-refractivity contribution >= 4 is 0 Å². The number of rotatable bonds is 2. The van der Waals surface area contributed by atoms with Crippen LogP contribution in [0.25, 0.3) is 0 Å². The SMILES string of the molecule is CCC1CCC(n2cncn2)CC1. The zero-order valence-electron chi connectivity index (χ0n) is 8.19. The summed E-state index contributed by atoms with van der Waals surface area (Å²) in [5, 5.41) is 4.20. The molecule has 1 aromatic rings. The predicted octanol–water partition coefficient (Wildman–Crippen LogP) is 2.42. The lowest BCUT2D eigenvalue weighted by atomic mass is 9.85. The third kappa shape index (κ3) is 1.90. The van der Waals surface area contributed by atoms with Crippen molar-refractivity contribution in [3.8, 4) is 0 Å². The van der Waals surface area contributed by atoms with Crippen LogP contribution < -0.4 is 0 Å². The summed E-state index contributed by atoms with van der Waals surface area (Å²) in [6, 6.07) is 0.616. The predicted molar refractivity (Wildman–Crippen MR) is 51.3 cm³/mol. The molecule has 1 aromatic heterocycles. The van der Waals surface area contributed by atoms with E-state index in [4.69, 9.17) is 0 Å². The molecule has 0 bridgehead atoms. The van der Waals surface area contributed by atoms with Gasteiger partial charge in [-0.2, -0.15) is 5.10 Å². The second-order valence-electron chi connectivity index (χ2n) is 3.96. The fraction of sp³-hybridized carbons (Fsp3) is 0.800. The largest absolute Gasteiger partial charge is 0.250 e. The lowest BCUT2D eigenvalue weighted by Crippen LogP contribution is -2.18. The first-order chi connectivity index (χ1) is 6.40. The van der Waals surface area contributed by atoms with Crippen molar-refractivity contribution in [3.63, 3.8) is 0 Å². The van der Waals surface area contributed by atoms with E-state index >= 15 is 0 Å². The maximum Gasteiger partial charge on any atom is 0.137 e. The van der Waals surface area contributed by atoms with E-state index in [1.807, 2.05) is 11.0 Å². The lowest BCUT2D eigenvalue weighted by molar-refractivity contribution is 0.256. The van der Waals surface area contributed by atoms with Crippen molar-refractivity contribution < 1.29 is 0 Å². The Labute approximate surface area is 79.2 Å². The molecule has 13 heavy (non-hydrogen) atoms. The van der Waals surface area contributed by atoms with Crippen LogP contribution in [0.1, 0.15) is 45.1 Å². The van der Waals surface area contributed by atoms with E-state index in [1.165, 1.54) is 32.1 Å². The summed E-state index contributed by atoms with van der Waals surface area (Å²) in [4.78, 5) is 3.99. The molecule has 0 atom stereocenters. The zero-order chi connectivity index (χ0) is 9.10. The molecule has 0 N–H and O–H groups in total. The minimum atomic E-state index is 0.616. The van der Waals surface area contributed by atoms with Gasteiger partial charge in [0.15, 0.2) is 0 Å². The number of nitrogens with zero attached hydrogens (tertiary/aromatic N) is 3. The monoisotopic (exact) mass is 179 g/mol. The Hall–Kier alpha value is -0.860. The first-order valence-electron chi connectivity index (χ1n) is 5.24. The van der Waals surface area contributed by atoms with E-state index in [1.54, 1.807) is 6.33 Å². The summed E-state index contributed by atoms with van der Waals surface area (Å²) >= 11 is 0. The van der Waals surface area contributed by atoms with Gasteiger partial charge in [0.2, 0.25) is 0 Å². The molecule has 0 amide bonds. The van der Waals surface area contributed by atoms with Gasteiger partial charge < -0.3 is 0 Å². The third-order valence-corrected chi connectivity index (χ3v) is 3.20. The lowest BCUT2D eigenvalue weighted by Gasteiger charge is -2.27. The molecule has 1 aliphatic rings. The van der Waals surface area contributed by atoms with Crippen LogP contribution in [0.5, 0.6) is 0 Å². The van der Waals surface area contributed by atoms with Crippen LogP contribution in [-0.2, 0) is 0 Å². The smallest absolute Gasteiger partial charge is 0.137 e. The molecule has 0 saturated heterocycles. The molecular weight excluding hydrogens is 162 g/mol. The van der Waals surface area contributed by atoms with Crippen molar-refractivity contribution in [3.05, 3.63) is 12.7 Å². The van der Waals surface area contributed by atoms with Gasteiger partial charge in [-0.05, 0) is 31.6 Å². The van der Waals surface area contributed by atoms with E-state index in [0.717, 1.165) is 5.92 Å². The summed E-state index contributed by atoms with van der Waals surface area (Å²) in [7, 11) is 0. The van der Waals surface area contributed by atoms with Gasteiger partial charge in [0.25, 0.3) is 0 Å². The van der Waals surface area contributed by atoms with Crippen molar-refractivity contribution in [1.29, 1.82) is 0 Å². The Morgan fingerprint density at radius 3 is 2.62 bits per heavy atom. The highest BCUT2D eigenvalue weighted by molar-refractivity contribution is 4.76. The fourth-order valence-corrected chi connectivity index (χ4v) is 2.22. The van der Waals surface area contributed by atoms with E-state index in [9.17, 15) is 0 Å². The minimum absolute atomic E-state index is 0.616. The van der Waals surface area contributed by atoms with Crippen LogP contribution in [-0.4, -0.2) is 14.8 Å². The van der Waals surface area contributed by atoms with Gasteiger partial charge in [-0.3, -0.25) is 0 Å². The molecule has 2 rings (SSSR count). The van der Waals surface area contributed by atoms with Gasteiger partial charge in [0, 0.05) is 0 Å². The summed E-state index contributed by atoms with van der Waals surface area (Å²) in [5.74, 6) is 0.958. The maximum atomic E-state index is 4.20. The molecule has 3 nitrogen and oxygen atoms in total. The quantitative estimate of drug-likeness (QED) is 0.698. The Bertz CT molecular complexity index is 235. The molecule has 1 saturated carbocycles. The van der Waals surface area contributed by atoms with Gasteiger partial charge >= 0.3 is 0 Å². The molecule has 1 fully saturated rings. The van der Waals surface area contributed by atoms with Crippen molar-refractivity contribution in [1.82, 2.24) is 14.8 Å². The molecule has 1 aliphatic carbocycles. The highest BCUT2D eigenvalue weighted by Gasteiger charge is 2.21. The second-order valence-corrected chi connectivity index (χ2v) is 3.96. The minimum Gasteiger partial charge on any atom is -0.250 e. The van der Waals surface area contributed by atoms with E-state index in [0.29, 0.717) is 6.04 Å². The molecule has 0 radical (unpaired) electrons. The summed E-state index contributed by atoms with van der Waals surface area (Å²) in [6.07, 6.45) is 10.1. The van der Waals surface area contributed by atoms with Crippen molar-refractivity contribution in [2.45, 2.75) is 45.1 Å². The molecule has 0 unspecified atom stereocenters. The van der Waals surface area contributed by atoms with Crippen molar-refractivity contribution in [2.24, 2.45) is 5.92 Å². The van der Waals surface area contributed by atoms with E-state index in [-0.39, 0.29) is 0 Å². The first kappa shape index (κ1) is 8.73. The van der Waals surface area contributed by atoms with Gasteiger partial charge in [-0.15, -0.1) is 0 Å². The molecular formula is C10H17N3. The highest BCUT2D eigenvalue weighted by Crippen LogP contribution is 2.32. The fourth-order valence-electron chi connectivity index (χ4n) is 2.22. The molecule has 0 aromatic carbocycles. The van der Waals surface area contributed by atoms with Gasteiger partial charge in [-0.25, -0.2) is 9.67 Å². The average molecular weight is 179 g/mol. The molecule has 1 heterocycles. The normalized spacial score (nSPS) is 29.0. The average Bonchev–Trinajstić information content (AvgIpc) is 2.71. The van der Waals surface area contributed by atoms with E-state index < -0.39 is 0 Å². The molecule has 0 spiro atoms. The summed E-state index contributed by atoms with van der Waals surface area (Å²) < 4.78 is 2.02. The Balaban J connectivity index is 1.92. The van der Waals surface area contributed by atoms with Crippen LogP contribution in [0.4, 0.5) is 0 Å². The Morgan fingerprint density at radius 1 is 1.31 bits per heavy atom. The molecule has 72 valence electrons. The van der Waals surface area contributed by atoms with Gasteiger partial charge in [0.05, 0.1) is 6.04 Å². The van der Waals surface area contributed by atoms with Crippen LogP contribution >= 0.6 is 0 Å². The number of hydrogen-bond donors (Lipinski definition) is 0. The topological polar surface area (TPSA) is 30.7 Å². The maximum absolute atomic E-state index is 4.20. The summed E-state index contributed by atoms with van der Waals surface area (Å²) in [5.41, 5.74) is 0. The first-order valence-corrected chi connectivity index (χ1v) is 5.24. The van der Waals surface area contributed by atoms with Crippen LogP contribution in [0.2, 0.25) is 0 Å². The second kappa shape index (κ2) is 3.90. The molecule has 0 aliphatic heterocycles. The van der Waals surface area contributed by atoms with Crippen molar-refractivity contribution in [2.75, 3.05) is 0 Å². The Kier molecular flexibility index (Phi) is 2.62. The number of hydrogen-bond acceptors (Lipinski definition) is 2. The highest BCUT2D eigenvalue weighted by atomic mass is 15.3. The van der Waals surface area contributed by atoms with Gasteiger partial charge in [0.1, 0.15) is 12.7 Å². The Morgan fingerprint density at radius 2 is 2.08 bits per heavy atom. The standard InChI is InChI=1S/C10H17N3/c1-2-9-3-5-10(6-4-9)13-8-11-7-12-13/h7-10H,2-6H2,1H3. The van der Waals surface area contributed by atoms with E-state index in [2.05, 4.69) is 17.0 Å². The summed E-state index contributed by atoms with van der Waals surface area (Å²) in [6.45, 7) is 2.29. The molecule has 3 heteroatoms. The third-order valence-electron chi connectivity index (χ3n) is 3.20.